The van der Waals surface area contributed by atoms with Crippen molar-refractivity contribution >= 4 is 17.3 Å². The van der Waals surface area contributed by atoms with Gasteiger partial charge in [-0.05, 0) is 43.8 Å². The Bertz CT molecular complexity index is 536. The topological polar surface area (TPSA) is 42.4 Å². The lowest BCUT2D eigenvalue weighted by atomic mass is 10.2. The number of hydrogen-bond donors (Lipinski definition) is 1. The molecule has 4 heteroatoms. The van der Waals surface area contributed by atoms with Gasteiger partial charge in [0.1, 0.15) is 11.5 Å². The number of halogens is 1. The monoisotopic (exact) mass is 264 g/mol. The van der Waals surface area contributed by atoms with E-state index in [1.807, 2.05) is 44.3 Å². The number of hydrogen-bond acceptors (Lipinski definition) is 3. The number of anilines is 1. The highest BCUT2D eigenvalue weighted by Gasteiger charge is 2.06. The van der Waals surface area contributed by atoms with Gasteiger partial charge in [-0.2, -0.15) is 0 Å². The lowest BCUT2D eigenvalue weighted by Crippen LogP contribution is -2.16. The molecule has 96 valence electrons. The zero-order chi connectivity index (χ0) is 13.1. The first-order valence-corrected chi connectivity index (χ1v) is 6.20. The zero-order valence-electron chi connectivity index (χ0n) is 10.6. The maximum atomic E-state index is 5.90. The van der Waals surface area contributed by atoms with Crippen molar-refractivity contribution in [3.8, 4) is 0 Å². The summed E-state index contributed by atoms with van der Waals surface area (Å²) in [6.07, 6.45) is 0. The van der Waals surface area contributed by atoms with Gasteiger partial charge in [0.25, 0.3) is 0 Å². The van der Waals surface area contributed by atoms with Crippen molar-refractivity contribution in [2.75, 3.05) is 12.8 Å². The van der Waals surface area contributed by atoms with E-state index in [-0.39, 0.29) is 0 Å². The minimum atomic E-state index is 0.600. The summed E-state index contributed by atoms with van der Waals surface area (Å²) in [5.41, 5.74) is 7.55. The minimum Gasteiger partial charge on any atom is -0.465 e. The Morgan fingerprint density at radius 3 is 2.61 bits per heavy atom. The van der Waals surface area contributed by atoms with Gasteiger partial charge >= 0.3 is 0 Å². The molecular weight excluding hydrogens is 248 g/mol. The van der Waals surface area contributed by atoms with E-state index in [1.165, 1.54) is 0 Å². The molecule has 0 aliphatic heterocycles. The van der Waals surface area contributed by atoms with Crippen LogP contribution in [0.4, 0.5) is 5.69 Å². The summed E-state index contributed by atoms with van der Waals surface area (Å²) in [6.45, 7) is 3.53. The molecule has 18 heavy (non-hydrogen) atoms. The molecule has 0 unspecified atom stereocenters. The molecule has 0 saturated carbocycles. The fourth-order valence-corrected chi connectivity index (χ4v) is 2.01. The van der Waals surface area contributed by atoms with Crippen molar-refractivity contribution in [2.24, 2.45) is 0 Å². The fraction of sp³-hybridized carbons (Fsp3) is 0.286. The summed E-state index contributed by atoms with van der Waals surface area (Å²) >= 11 is 5.90. The number of rotatable bonds is 4. The second-order valence-electron chi connectivity index (χ2n) is 4.54. The maximum absolute atomic E-state index is 5.90. The molecule has 0 amide bonds. The van der Waals surface area contributed by atoms with Crippen LogP contribution in [0.3, 0.4) is 0 Å². The van der Waals surface area contributed by atoms with Gasteiger partial charge in [0.05, 0.1) is 17.3 Å². The van der Waals surface area contributed by atoms with Gasteiger partial charge in [0.2, 0.25) is 0 Å². The van der Waals surface area contributed by atoms with Crippen LogP contribution in [0.1, 0.15) is 17.1 Å². The van der Waals surface area contributed by atoms with Crippen LogP contribution in [0.15, 0.2) is 34.7 Å². The standard InChI is InChI=1S/C14H17ClN2O/c1-10-3-5-12(18-10)9-17(2)8-11-4-6-13(15)14(16)7-11/h3-7H,8-9,16H2,1-2H3. The van der Waals surface area contributed by atoms with E-state index in [0.29, 0.717) is 10.7 Å². The first-order valence-electron chi connectivity index (χ1n) is 5.82. The van der Waals surface area contributed by atoms with Gasteiger partial charge in [-0.15, -0.1) is 0 Å². The molecule has 0 atom stereocenters. The number of furan rings is 1. The van der Waals surface area contributed by atoms with Crippen LogP contribution >= 0.6 is 11.6 Å². The van der Waals surface area contributed by atoms with Crippen molar-refractivity contribution in [3.05, 3.63) is 52.4 Å². The molecule has 2 aromatic rings. The van der Waals surface area contributed by atoms with E-state index >= 15 is 0 Å². The van der Waals surface area contributed by atoms with Crippen LogP contribution in [-0.4, -0.2) is 11.9 Å². The van der Waals surface area contributed by atoms with Crippen LogP contribution in [0.25, 0.3) is 0 Å². The normalized spacial score (nSPS) is 11.1. The molecule has 0 fully saturated rings. The third-order valence-corrected chi connectivity index (χ3v) is 3.08. The Morgan fingerprint density at radius 1 is 1.22 bits per heavy atom. The lowest BCUT2D eigenvalue weighted by Gasteiger charge is -2.15. The van der Waals surface area contributed by atoms with Crippen LogP contribution in [0.5, 0.6) is 0 Å². The molecule has 3 nitrogen and oxygen atoms in total. The molecule has 0 spiro atoms. The maximum Gasteiger partial charge on any atom is 0.118 e. The Hall–Kier alpha value is -1.45. The average Bonchev–Trinajstić information content (AvgIpc) is 2.69. The molecule has 1 aromatic heterocycles. The summed E-state index contributed by atoms with van der Waals surface area (Å²) in [5.74, 6) is 1.91. The highest BCUT2D eigenvalue weighted by Crippen LogP contribution is 2.20. The number of benzene rings is 1. The molecule has 1 heterocycles. The second-order valence-corrected chi connectivity index (χ2v) is 4.95. The number of nitrogens with two attached hydrogens (primary N) is 1. The number of nitrogens with zero attached hydrogens (tertiary/aromatic N) is 1. The fourth-order valence-electron chi connectivity index (χ4n) is 1.90. The van der Waals surface area contributed by atoms with Crippen LogP contribution in [0.2, 0.25) is 5.02 Å². The van der Waals surface area contributed by atoms with Crippen LogP contribution in [-0.2, 0) is 13.1 Å². The first-order chi connectivity index (χ1) is 8.54. The highest BCUT2D eigenvalue weighted by atomic mass is 35.5. The van der Waals surface area contributed by atoms with Crippen molar-refractivity contribution in [2.45, 2.75) is 20.0 Å². The Labute approximate surface area is 112 Å². The Balaban J connectivity index is 1.98. The Morgan fingerprint density at radius 2 is 2.00 bits per heavy atom. The average molecular weight is 265 g/mol. The van der Waals surface area contributed by atoms with E-state index in [2.05, 4.69) is 4.90 Å². The SMILES string of the molecule is Cc1ccc(CN(C)Cc2ccc(Cl)c(N)c2)o1. The van der Waals surface area contributed by atoms with Crippen LogP contribution in [0, 0.1) is 6.92 Å². The number of nitrogen functional groups attached to an aromatic ring is 1. The molecular formula is C14H17ClN2O. The summed E-state index contributed by atoms with van der Waals surface area (Å²) in [4.78, 5) is 2.17. The predicted octanol–water partition coefficient (Wildman–Crippen LogP) is 3.46. The van der Waals surface area contributed by atoms with Crippen molar-refractivity contribution in [1.82, 2.24) is 4.90 Å². The first kappa shape index (κ1) is 13.0. The van der Waals surface area contributed by atoms with E-state index < -0.39 is 0 Å². The molecule has 0 aliphatic carbocycles. The van der Waals surface area contributed by atoms with E-state index in [1.54, 1.807) is 0 Å². The van der Waals surface area contributed by atoms with Gasteiger partial charge in [-0.3, -0.25) is 4.90 Å². The van der Waals surface area contributed by atoms with Gasteiger partial charge in [-0.25, -0.2) is 0 Å². The smallest absolute Gasteiger partial charge is 0.118 e. The molecule has 0 radical (unpaired) electrons. The summed E-state index contributed by atoms with van der Waals surface area (Å²) in [5, 5.41) is 0.600. The molecule has 2 rings (SSSR count). The summed E-state index contributed by atoms with van der Waals surface area (Å²) in [7, 11) is 2.04. The van der Waals surface area contributed by atoms with Gasteiger partial charge in [-0.1, -0.05) is 17.7 Å². The van der Waals surface area contributed by atoms with Crippen molar-refractivity contribution in [1.29, 1.82) is 0 Å². The molecule has 0 aliphatic rings. The van der Waals surface area contributed by atoms with Crippen molar-refractivity contribution < 1.29 is 4.42 Å². The minimum absolute atomic E-state index is 0.600. The quantitative estimate of drug-likeness (QED) is 0.860. The summed E-state index contributed by atoms with van der Waals surface area (Å²) in [6, 6.07) is 9.71. The van der Waals surface area contributed by atoms with Crippen LogP contribution < -0.4 is 5.73 Å². The molecule has 2 N–H and O–H groups in total. The summed E-state index contributed by atoms with van der Waals surface area (Å²) < 4.78 is 5.55. The zero-order valence-corrected chi connectivity index (χ0v) is 11.4. The van der Waals surface area contributed by atoms with E-state index in [0.717, 1.165) is 30.2 Å². The van der Waals surface area contributed by atoms with Gasteiger partial charge in [0.15, 0.2) is 0 Å². The molecule has 1 aromatic carbocycles. The van der Waals surface area contributed by atoms with E-state index in [4.69, 9.17) is 21.8 Å². The van der Waals surface area contributed by atoms with Gasteiger partial charge in [0, 0.05) is 6.54 Å². The van der Waals surface area contributed by atoms with Crippen molar-refractivity contribution in [3.63, 3.8) is 0 Å². The third kappa shape index (κ3) is 3.28. The largest absolute Gasteiger partial charge is 0.465 e. The third-order valence-electron chi connectivity index (χ3n) is 2.73. The van der Waals surface area contributed by atoms with Gasteiger partial charge < -0.3 is 10.2 Å². The van der Waals surface area contributed by atoms with E-state index in [9.17, 15) is 0 Å². The second kappa shape index (κ2) is 5.46. The molecule has 0 bridgehead atoms. The highest BCUT2D eigenvalue weighted by molar-refractivity contribution is 6.33. The molecule has 0 saturated heterocycles. The number of aryl methyl sites for hydroxylation is 1. The predicted molar refractivity (Wildman–Crippen MR) is 74.5 cm³/mol. The Kier molecular flexibility index (Phi) is 3.94. The lowest BCUT2D eigenvalue weighted by molar-refractivity contribution is 0.285.